The zero-order valence-electron chi connectivity index (χ0n) is 12.6. The molecule has 19 heavy (non-hydrogen) atoms. The molecule has 0 fully saturated rings. The Morgan fingerprint density at radius 1 is 1.16 bits per heavy atom. The zero-order chi connectivity index (χ0) is 13.9. The number of unbranched alkanes of at least 4 members (excludes halogenated alkanes) is 3. The van der Waals surface area contributed by atoms with Crippen LogP contribution in [0.2, 0.25) is 0 Å². The molecule has 0 saturated carbocycles. The molecule has 0 aromatic carbocycles. The number of nitrogens with zero attached hydrogens (tertiary/aromatic N) is 1. The summed E-state index contributed by atoms with van der Waals surface area (Å²) in [6.45, 7) is 8.07. The minimum atomic E-state index is 0.398. The van der Waals surface area contributed by atoms with E-state index >= 15 is 0 Å². The fourth-order valence-electron chi connectivity index (χ4n) is 2.28. The number of nitrogens with one attached hydrogen (secondary N) is 1. The van der Waals surface area contributed by atoms with E-state index < -0.39 is 0 Å². The zero-order valence-corrected chi connectivity index (χ0v) is 12.6. The Labute approximate surface area is 117 Å². The van der Waals surface area contributed by atoms with Crippen molar-refractivity contribution in [3.63, 3.8) is 0 Å². The van der Waals surface area contributed by atoms with Crippen molar-refractivity contribution in [2.75, 3.05) is 13.2 Å². The van der Waals surface area contributed by atoms with Crippen LogP contribution in [-0.2, 0) is 0 Å². The van der Waals surface area contributed by atoms with Gasteiger partial charge in [-0.2, -0.15) is 0 Å². The number of aromatic nitrogens is 1. The molecule has 1 rings (SSSR count). The summed E-state index contributed by atoms with van der Waals surface area (Å²) >= 11 is 0. The van der Waals surface area contributed by atoms with E-state index in [0.29, 0.717) is 12.6 Å². The van der Waals surface area contributed by atoms with E-state index in [1.165, 1.54) is 37.7 Å². The third-order valence-electron chi connectivity index (χ3n) is 3.24. The lowest BCUT2D eigenvalue weighted by Gasteiger charge is -2.18. The van der Waals surface area contributed by atoms with Gasteiger partial charge in [-0.05, 0) is 31.5 Å². The maximum Gasteiger partial charge on any atom is 0.137 e. The summed E-state index contributed by atoms with van der Waals surface area (Å²) in [4.78, 5) is 4.29. The van der Waals surface area contributed by atoms with E-state index in [-0.39, 0.29) is 0 Å². The average molecular weight is 264 g/mol. The molecule has 0 radical (unpaired) electrons. The van der Waals surface area contributed by atoms with Gasteiger partial charge < -0.3 is 10.1 Å². The topological polar surface area (TPSA) is 34.2 Å². The lowest BCUT2D eigenvalue weighted by Crippen LogP contribution is -2.21. The number of pyridine rings is 1. The second-order valence-corrected chi connectivity index (χ2v) is 4.85. The molecule has 1 aromatic rings. The monoisotopic (exact) mass is 264 g/mol. The van der Waals surface area contributed by atoms with Crippen molar-refractivity contribution >= 4 is 0 Å². The molecule has 3 nitrogen and oxygen atoms in total. The molecule has 3 heteroatoms. The van der Waals surface area contributed by atoms with E-state index in [4.69, 9.17) is 4.74 Å². The summed E-state index contributed by atoms with van der Waals surface area (Å²) in [5.41, 5.74) is 1.24. The molecule has 0 spiro atoms. The van der Waals surface area contributed by atoms with E-state index in [0.717, 1.165) is 12.3 Å². The highest BCUT2D eigenvalue weighted by atomic mass is 16.5. The van der Waals surface area contributed by atoms with Gasteiger partial charge in [0.2, 0.25) is 0 Å². The van der Waals surface area contributed by atoms with Gasteiger partial charge in [0.05, 0.1) is 12.8 Å². The quantitative estimate of drug-likeness (QED) is 0.646. The summed E-state index contributed by atoms with van der Waals surface area (Å²) in [5.74, 6) is 0.872. The first-order valence-corrected chi connectivity index (χ1v) is 7.62. The largest absolute Gasteiger partial charge is 0.492 e. The SMILES string of the molecule is CCCCCCC(NCC)c1cncc(OCC)c1. The van der Waals surface area contributed by atoms with Crippen LogP contribution in [0.15, 0.2) is 18.5 Å². The highest BCUT2D eigenvalue weighted by molar-refractivity contribution is 5.26. The fourth-order valence-corrected chi connectivity index (χ4v) is 2.28. The normalized spacial score (nSPS) is 12.4. The van der Waals surface area contributed by atoms with Gasteiger partial charge in [0.25, 0.3) is 0 Å². The lowest BCUT2D eigenvalue weighted by atomic mass is 10.0. The van der Waals surface area contributed by atoms with Gasteiger partial charge >= 0.3 is 0 Å². The minimum Gasteiger partial charge on any atom is -0.492 e. The number of hydrogen-bond donors (Lipinski definition) is 1. The Bertz CT molecular complexity index is 341. The molecule has 1 unspecified atom stereocenters. The van der Waals surface area contributed by atoms with Gasteiger partial charge in [-0.25, -0.2) is 0 Å². The molecule has 0 aliphatic rings. The first-order chi connectivity index (χ1) is 9.31. The van der Waals surface area contributed by atoms with Crippen molar-refractivity contribution in [3.8, 4) is 5.75 Å². The highest BCUT2D eigenvalue weighted by Gasteiger charge is 2.11. The third-order valence-corrected chi connectivity index (χ3v) is 3.24. The van der Waals surface area contributed by atoms with Crippen molar-refractivity contribution in [3.05, 3.63) is 24.0 Å². The molecule has 1 aromatic heterocycles. The van der Waals surface area contributed by atoms with Crippen LogP contribution in [0.1, 0.15) is 64.5 Å². The van der Waals surface area contributed by atoms with Crippen LogP contribution in [0.25, 0.3) is 0 Å². The van der Waals surface area contributed by atoms with Gasteiger partial charge in [-0.15, -0.1) is 0 Å². The van der Waals surface area contributed by atoms with E-state index in [1.807, 2.05) is 13.1 Å². The van der Waals surface area contributed by atoms with Gasteiger partial charge in [0, 0.05) is 12.2 Å². The Kier molecular flexibility index (Phi) is 8.23. The predicted octanol–water partition coefficient (Wildman–Crippen LogP) is 4.10. The molecule has 0 bridgehead atoms. The first kappa shape index (κ1) is 16.0. The Morgan fingerprint density at radius 2 is 2.00 bits per heavy atom. The molecule has 0 aliphatic heterocycles. The van der Waals surface area contributed by atoms with E-state index in [1.54, 1.807) is 6.20 Å². The van der Waals surface area contributed by atoms with Crippen molar-refractivity contribution in [1.82, 2.24) is 10.3 Å². The highest BCUT2D eigenvalue weighted by Crippen LogP contribution is 2.22. The summed E-state index contributed by atoms with van der Waals surface area (Å²) < 4.78 is 5.53. The Hall–Kier alpha value is -1.09. The molecule has 1 N–H and O–H groups in total. The second-order valence-electron chi connectivity index (χ2n) is 4.85. The van der Waals surface area contributed by atoms with Crippen LogP contribution in [0.3, 0.4) is 0 Å². The van der Waals surface area contributed by atoms with Crippen LogP contribution in [-0.4, -0.2) is 18.1 Å². The van der Waals surface area contributed by atoms with Crippen molar-refractivity contribution in [2.24, 2.45) is 0 Å². The van der Waals surface area contributed by atoms with Crippen LogP contribution in [0.5, 0.6) is 5.75 Å². The van der Waals surface area contributed by atoms with E-state index in [2.05, 4.69) is 30.2 Å². The van der Waals surface area contributed by atoms with Gasteiger partial charge in [0.1, 0.15) is 5.75 Å². The summed E-state index contributed by atoms with van der Waals surface area (Å²) in [5, 5.41) is 3.55. The number of ether oxygens (including phenoxy) is 1. The number of hydrogen-bond acceptors (Lipinski definition) is 3. The smallest absolute Gasteiger partial charge is 0.137 e. The molecular formula is C16H28N2O. The molecule has 0 saturated heterocycles. The standard InChI is InChI=1S/C16H28N2O/c1-4-7-8-9-10-16(18-5-2)14-11-15(19-6-3)13-17-12-14/h11-13,16,18H,4-10H2,1-3H3. The van der Waals surface area contributed by atoms with Crippen molar-refractivity contribution < 1.29 is 4.74 Å². The lowest BCUT2D eigenvalue weighted by molar-refractivity contribution is 0.337. The number of rotatable bonds is 10. The van der Waals surface area contributed by atoms with Gasteiger partial charge in [-0.1, -0.05) is 39.5 Å². The van der Waals surface area contributed by atoms with Crippen LogP contribution in [0, 0.1) is 0 Å². The maximum absolute atomic E-state index is 5.53. The Balaban J connectivity index is 2.60. The van der Waals surface area contributed by atoms with Crippen molar-refractivity contribution in [2.45, 2.75) is 58.9 Å². The maximum atomic E-state index is 5.53. The Morgan fingerprint density at radius 3 is 2.68 bits per heavy atom. The first-order valence-electron chi connectivity index (χ1n) is 7.62. The van der Waals surface area contributed by atoms with Crippen LogP contribution >= 0.6 is 0 Å². The molecule has 0 amide bonds. The van der Waals surface area contributed by atoms with Gasteiger partial charge in [-0.3, -0.25) is 4.98 Å². The summed E-state index contributed by atoms with van der Waals surface area (Å²) in [6.07, 6.45) is 10.1. The molecule has 108 valence electrons. The molecule has 0 aliphatic carbocycles. The predicted molar refractivity (Wildman–Crippen MR) is 80.6 cm³/mol. The summed E-state index contributed by atoms with van der Waals surface area (Å²) in [6, 6.07) is 2.51. The second kappa shape index (κ2) is 9.79. The van der Waals surface area contributed by atoms with Crippen LogP contribution in [0.4, 0.5) is 0 Å². The minimum absolute atomic E-state index is 0.398. The molecule has 1 heterocycles. The van der Waals surface area contributed by atoms with Crippen LogP contribution < -0.4 is 10.1 Å². The van der Waals surface area contributed by atoms with Crippen molar-refractivity contribution in [1.29, 1.82) is 0 Å². The fraction of sp³-hybridized carbons (Fsp3) is 0.688. The average Bonchev–Trinajstić information content (AvgIpc) is 2.43. The van der Waals surface area contributed by atoms with E-state index in [9.17, 15) is 0 Å². The summed E-state index contributed by atoms with van der Waals surface area (Å²) in [7, 11) is 0. The third kappa shape index (κ3) is 6.06. The van der Waals surface area contributed by atoms with Gasteiger partial charge in [0.15, 0.2) is 0 Å². The molecular weight excluding hydrogens is 236 g/mol. The molecule has 1 atom stereocenters.